The van der Waals surface area contributed by atoms with E-state index in [-0.39, 0.29) is 10.7 Å². The smallest absolute Gasteiger partial charge is 0.251 e. The van der Waals surface area contributed by atoms with Crippen LogP contribution in [-0.2, 0) is 24.0 Å². The second-order valence-electron chi connectivity index (χ2n) is 7.68. The lowest BCUT2D eigenvalue weighted by atomic mass is 9.96. The Hall–Kier alpha value is -2.24. The maximum absolute atomic E-state index is 12.9. The second kappa shape index (κ2) is 7.06. The summed E-state index contributed by atoms with van der Waals surface area (Å²) in [7, 11) is 0. The topological polar surface area (TPSA) is 68.0 Å². The molecule has 0 aliphatic carbocycles. The summed E-state index contributed by atoms with van der Waals surface area (Å²) < 4.78 is 12.7. The van der Waals surface area contributed by atoms with Gasteiger partial charge in [-0.2, -0.15) is 0 Å². The van der Waals surface area contributed by atoms with E-state index in [1.807, 2.05) is 48.7 Å². The van der Waals surface area contributed by atoms with Gasteiger partial charge >= 0.3 is 0 Å². The van der Waals surface area contributed by atoms with Gasteiger partial charge < -0.3 is 14.9 Å². The van der Waals surface area contributed by atoms with E-state index < -0.39 is 11.2 Å². The Balaban J connectivity index is 1.55. The van der Waals surface area contributed by atoms with Crippen LogP contribution in [0.5, 0.6) is 0 Å². The van der Waals surface area contributed by atoms with Crippen molar-refractivity contribution in [1.29, 1.82) is 0 Å². The molecule has 2 N–H and O–H groups in total. The lowest BCUT2D eigenvalue weighted by Crippen LogP contribution is -2.36. The lowest BCUT2D eigenvalue weighted by Gasteiger charge is -2.34. The van der Waals surface area contributed by atoms with Gasteiger partial charge in [0.2, 0.25) is 0 Å². The van der Waals surface area contributed by atoms with Crippen LogP contribution < -0.4 is 5.32 Å². The molecule has 27 heavy (non-hydrogen) atoms. The number of amides is 1. The Kier molecular flexibility index (Phi) is 4.74. The highest BCUT2D eigenvalue weighted by Crippen LogP contribution is 2.40. The number of benzene rings is 2. The van der Waals surface area contributed by atoms with E-state index in [1.54, 1.807) is 0 Å². The van der Waals surface area contributed by atoms with Crippen LogP contribution in [0, 0.1) is 0 Å². The van der Waals surface area contributed by atoms with Crippen molar-refractivity contribution in [2.24, 2.45) is 0 Å². The van der Waals surface area contributed by atoms with E-state index in [4.69, 9.17) is 0 Å². The molecule has 0 bridgehead atoms. The van der Waals surface area contributed by atoms with E-state index in [2.05, 4.69) is 24.1 Å². The third-order valence-electron chi connectivity index (χ3n) is 5.39. The number of aryl methyl sites for hydroxylation is 1. The fraction of sp³-hybridized carbons (Fsp3) is 0.318. The molecule has 0 saturated heterocycles. The molecule has 0 radical (unpaired) electrons. The van der Waals surface area contributed by atoms with Crippen LogP contribution in [0.15, 0.2) is 53.6 Å². The molecule has 5 heteroatoms. The summed E-state index contributed by atoms with van der Waals surface area (Å²) >= 11 is -0.996. The number of carbonyl (C=O) groups is 1. The Morgan fingerprint density at radius 1 is 1.22 bits per heavy atom. The molecule has 1 amide bonds. The zero-order valence-electron chi connectivity index (χ0n) is 15.7. The largest absolute Gasteiger partial charge is 0.611 e. The van der Waals surface area contributed by atoms with Crippen LogP contribution in [0.4, 0.5) is 0 Å². The van der Waals surface area contributed by atoms with Crippen molar-refractivity contribution in [3.8, 4) is 0 Å². The van der Waals surface area contributed by atoms with Gasteiger partial charge in [0.05, 0.1) is 0 Å². The third kappa shape index (κ3) is 3.37. The number of hydrogen-bond acceptors (Lipinski definition) is 2. The van der Waals surface area contributed by atoms with Crippen molar-refractivity contribution < 1.29 is 9.35 Å². The second-order valence-corrected chi connectivity index (χ2v) is 9.76. The Morgan fingerprint density at radius 2 is 2.00 bits per heavy atom. The Morgan fingerprint density at radius 3 is 2.78 bits per heavy atom. The van der Waals surface area contributed by atoms with Crippen LogP contribution in [0.1, 0.15) is 41.8 Å². The average molecular weight is 381 g/mol. The number of aromatic amines is 1. The van der Waals surface area contributed by atoms with Crippen molar-refractivity contribution in [1.82, 2.24) is 10.3 Å². The molecule has 4 nitrogen and oxygen atoms in total. The fourth-order valence-corrected chi connectivity index (χ4v) is 5.29. The number of carbonyl (C=O) groups excluding carboxylic acids is 1. The highest BCUT2D eigenvalue weighted by atomic mass is 32.2. The number of H-pyrrole nitrogens is 1. The molecule has 1 unspecified atom stereocenters. The van der Waals surface area contributed by atoms with Gasteiger partial charge in [0.15, 0.2) is 4.90 Å². The van der Waals surface area contributed by atoms with Crippen LogP contribution in [-0.4, -0.2) is 26.7 Å². The molecular weight excluding hydrogens is 356 g/mol. The summed E-state index contributed by atoms with van der Waals surface area (Å²) in [6.45, 7) is 4.72. The molecule has 1 aliphatic heterocycles. The molecule has 0 fully saturated rings. The van der Waals surface area contributed by atoms with Gasteiger partial charge in [0, 0.05) is 41.2 Å². The highest BCUT2D eigenvalue weighted by Gasteiger charge is 2.40. The van der Waals surface area contributed by atoms with Crippen LogP contribution in [0.3, 0.4) is 0 Å². The van der Waals surface area contributed by atoms with E-state index in [9.17, 15) is 9.35 Å². The number of nitrogens with one attached hydrogen (secondary N) is 2. The van der Waals surface area contributed by atoms with E-state index >= 15 is 0 Å². The first-order chi connectivity index (χ1) is 13.0. The molecule has 1 atom stereocenters. The first-order valence-corrected chi connectivity index (χ1v) is 10.5. The van der Waals surface area contributed by atoms with Gasteiger partial charge in [-0.05, 0) is 67.7 Å². The van der Waals surface area contributed by atoms with Gasteiger partial charge in [0.25, 0.3) is 5.91 Å². The van der Waals surface area contributed by atoms with Gasteiger partial charge in [-0.1, -0.05) is 18.2 Å². The summed E-state index contributed by atoms with van der Waals surface area (Å²) in [4.78, 5) is 16.5. The van der Waals surface area contributed by atoms with Gasteiger partial charge in [0.1, 0.15) is 4.75 Å². The maximum Gasteiger partial charge on any atom is 0.251 e. The normalized spacial score (nSPS) is 18.3. The summed E-state index contributed by atoms with van der Waals surface area (Å²) in [5, 5.41) is 4.18. The molecule has 2 heterocycles. The minimum Gasteiger partial charge on any atom is -0.611 e. The minimum atomic E-state index is -0.996. The van der Waals surface area contributed by atoms with Crippen LogP contribution >= 0.6 is 0 Å². The number of hydrogen-bond donors (Lipinski definition) is 2. The molecule has 1 aromatic heterocycles. The van der Waals surface area contributed by atoms with Gasteiger partial charge in [-0.25, -0.2) is 0 Å². The first kappa shape index (κ1) is 18.1. The van der Waals surface area contributed by atoms with Crippen LogP contribution in [0.25, 0.3) is 10.9 Å². The summed E-state index contributed by atoms with van der Waals surface area (Å²) in [5.41, 5.74) is 4.13. The van der Waals surface area contributed by atoms with Crippen molar-refractivity contribution in [3.63, 3.8) is 0 Å². The molecule has 0 spiro atoms. The SMILES string of the molecule is CC1(C)CCc2c(ccc3[nH]cc(CCNC(=O)c4ccccc4)c23)[S+]1[O-]. The predicted octanol–water partition coefficient (Wildman–Crippen LogP) is 3.97. The van der Waals surface area contributed by atoms with E-state index in [0.717, 1.165) is 29.7 Å². The molecule has 140 valence electrons. The molecule has 4 rings (SSSR count). The molecular formula is C22H24N2O2S. The van der Waals surface area contributed by atoms with E-state index in [1.165, 1.54) is 16.5 Å². The van der Waals surface area contributed by atoms with Crippen molar-refractivity contribution >= 4 is 28.0 Å². The van der Waals surface area contributed by atoms with Crippen molar-refractivity contribution in [2.45, 2.75) is 42.8 Å². The lowest BCUT2D eigenvalue weighted by molar-refractivity contribution is 0.0954. The first-order valence-electron chi connectivity index (χ1n) is 9.34. The monoisotopic (exact) mass is 380 g/mol. The molecule has 2 aromatic carbocycles. The summed E-state index contributed by atoms with van der Waals surface area (Å²) in [5.74, 6) is -0.0553. The van der Waals surface area contributed by atoms with Crippen molar-refractivity contribution in [2.75, 3.05) is 6.54 Å². The van der Waals surface area contributed by atoms with Crippen LogP contribution in [0.2, 0.25) is 0 Å². The zero-order valence-corrected chi connectivity index (χ0v) is 16.5. The fourth-order valence-electron chi connectivity index (χ4n) is 3.79. The number of fused-ring (bicyclic) bond motifs is 3. The standard InChI is InChI=1S/C22H24N2O2S/c1-22(2)12-10-17-19(27(22)26)9-8-18-20(17)16(14-24-18)11-13-23-21(25)15-6-4-3-5-7-15/h3-9,14,24H,10-13H2,1-2H3,(H,23,25). The number of rotatable bonds is 4. The molecule has 1 aliphatic rings. The van der Waals surface area contributed by atoms with Gasteiger partial charge in [-0.15, -0.1) is 0 Å². The zero-order chi connectivity index (χ0) is 19.0. The average Bonchev–Trinajstić information content (AvgIpc) is 3.09. The Labute approximate surface area is 162 Å². The van der Waals surface area contributed by atoms with E-state index in [0.29, 0.717) is 12.1 Å². The Bertz CT molecular complexity index is 979. The predicted molar refractivity (Wildman–Crippen MR) is 110 cm³/mol. The highest BCUT2D eigenvalue weighted by molar-refractivity contribution is 7.92. The maximum atomic E-state index is 12.9. The van der Waals surface area contributed by atoms with Crippen molar-refractivity contribution in [3.05, 3.63) is 65.4 Å². The van der Waals surface area contributed by atoms with Gasteiger partial charge in [-0.3, -0.25) is 4.79 Å². The third-order valence-corrected chi connectivity index (χ3v) is 7.38. The quantitative estimate of drug-likeness (QED) is 0.673. The molecule has 3 aromatic rings. The minimum absolute atomic E-state index is 0.0553. The summed E-state index contributed by atoms with van der Waals surface area (Å²) in [6.07, 6.45) is 4.61. The summed E-state index contributed by atoms with van der Waals surface area (Å²) in [6, 6.07) is 13.3. The number of aromatic nitrogens is 1. The molecule has 0 saturated carbocycles.